The third-order valence-corrected chi connectivity index (χ3v) is 3.33. The number of nitrogens with one attached hydrogen (secondary N) is 2. The molecule has 0 aliphatic rings. The predicted molar refractivity (Wildman–Crippen MR) is 92.1 cm³/mol. The Labute approximate surface area is 130 Å². The van der Waals surface area contributed by atoms with E-state index in [1.54, 1.807) is 0 Å². The molecule has 4 heteroatoms. The first-order valence-corrected chi connectivity index (χ1v) is 8.39. The molecule has 1 heterocycles. The van der Waals surface area contributed by atoms with E-state index in [0.717, 1.165) is 42.9 Å². The number of anilines is 2. The van der Waals surface area contributed by atoms with Crippen molar-refractivity contribution in [3.63, 3.8) is 0 Å². The van der Waals surface area contributed by atoms with Crippen molar-refractivity contribution in [1.82, 2.24) is 9.97 Å². The highest BCUT2D eigenvalue weighted by Crippen LogP contribution is 2.17. The van der Waals surface area contributed by atoms with Crippen LogP contribution in [0.1, 0.15) is 72.0 Å². The monoisotopic (exact) mass is 292 g/mol. The lowest BCUT2D eigenvalue weighted by Gasteiger charge is -2.13. The maximum atomic E-state index is 4.61. The summed E-state index contributed by atoms with van der Waals surface area (Å²) in [6.45, 7) is 12.9. The number of aromatic nitrogens is 2. The van der Waals surface area contributed by atoms with E-state index in [9.17, 15) is 0 Å². The van der Waals surface area contributed by atoms with Crippen LogP contribution in [-0.4, -0.2) is 23.1 Å². The van der Waals surface area contributed by atoms with E-state index in [1.807, 2.05) is 6.07 Å². The highest BCUT2D eigenvalue weighted by atomic mass is 15.1. The number of nitrogens with zero attached hydrogens (tertiary/aromatic N) is 2. The van der Waals surface area contributed by atoms with Crippen LogP contribution in [0.4, 0.5) is 11.6 Å². The van der Waals surface area contributed by atoms with Gasteiger partial charge in [0, 0.05) is 25.1 Å². The molecule has 0 fully saturated rings. The van der Waals surface area contributed by atoms with Crippen LogP contribution in [0.25, 0.3) is 0 Å². The molecule has 2 N–H and O–H groups in total. The van der Waals surface area contributed by atoms with E-state index < -0.39 is 0 Å². The molecule has 0 saturated carbocycles. The third kappa shape index (κ3) is 7.30. The van der Waals surface area contributed by atoms with E-state index in [4.69, 9.17) is 0 Å². The molecule has 0 radical (unpaired) electrons. The molecule has 0 unspecified atom stereocenters. The minimum atomic E-state index is 0.342. The van der Waals surface area contributed by atoms with E-state index in [2.05, 4.69) is 55.2 Å². The van der Waals surface area contributed by atoms with Crippen LogP contribution in [0.3, 0.4) is 0 Å². The molecule has 0 amide bonds. The Morgan fingerprint density at radius 1 is 0.952 bits per heavy atom. The Morgan fingerprint density at radius 2 is 1.57 bits per heavy atom. The second kappa shape index (κ2) is 9.59. The predicted octanol–water partition coefficient (Wildman–Crippen LogP) is 4.66. The number of hydrogen-bond donors (Lipinski definition) is 2. The van der Waals surface area contributed by atoms with Gasteiger partial charge in [0.2, 0.25) is 0 Å². The van der Waals surface area contributed by atoms with Crippen LogP contribution in [0.5, 0.6) is 0 Å². The summed E-state index contributed by atoms with van der Waals surface area (Å²) in [5.74, 6) is 3.91. The Hall–Kier alpha value is -1.32. The van der Waals surface area contributed by atoms with Crippen molar-refractivity contribution in [2.75, 3.05) is 23.7 Å². The third-order valence-electron chi connectivity index (χ3n) is 3.33. The average Bonchev–Trinajstić information content (AvgIpc) is 2.44. The molecule has 4 nitrogen and oxygen atoms in total. The highest BCUT2D eigenvalue weighted by molar-refractivity contribution is 5.47. The molecule has 0 aliphatic carbocycles. The SMILES string of the molecule is CCCNc1cc(NCCCCC(C)C)nc(C(C)C)n1. The van der Waals surface area contributed by atoms with Gasteiger partial charge in [-0.2, -0.15) is 0 Å². The average molecular weight is 292 g/mol. The van der Waals surface area contributed by atoms with Crippen molar-refractivity contribution >= 4 is 11.6 Å². The maximum Gasteiger partial charge on any atom is 0.135 e. The number of rotatable bonds is 10. The second-order valence-corrected chi connectivity index (χ2v) is 6.39. The van der Waals surface area contributed by atoms with Gasteiger partial charge in [-0.05, 0) is 18.8 Å². The minimum absolute atomic E-state index is 0.342. The fourth-order valence-electron chi connectivity index (χ4n) is 2.05. The second-order valence-electron chi connectivity index (χ2n) is 6.39. The van der Waals surface area contributed by atoms with Gasteiger partial charge in [0.1, 0.15) is 17.5 Å². The van der Waals surface area contributed by atoms with Crippen LogP contribution in [-0.2, 0) is 0 Å². The first-order valence-electron chi connectivity index (χ1n) is 8.39. The molecule has 1 rings (SSSR count). The molecule has 0 bridgehead atoms. The van der Waals surface area contributed by atoms with E-state index >= 15 is 0 Å². The Morgan fingerprint density at radius 3 is 2.10 bits per heavy atom. The van der Waals surface area contributed by atoms with Crippen LogP contribution in [0, 0.1) is 5.92 Å². The Balaban J connectivity index is 2.56. The van der Waals surface area contributed by atoms with Gasteiger partial charge >= 0.3 is 0 Å². The van der Waals surface area contributed by atoms with Crippen LogP contribution < -0.4 is 10.6 Å². The summed E-state index contributed by atoms with van der Waals surface area (Å²) in [4.78, 5) is 9.19. The zero-order chi connectivity index (χ0) is 15.7. The molecule has 0 saturated heterocycles. The van der Waals surface area contributed by atoms with Gasteiger partial charge in [-0.3, -0.25) is 0 Å². The summed E-state index contributed by atoms with van der Waals surface area (Å²) in [7, 11) is 0. The fourth-order valence-corrected chi connectivity index (χ4v) is 2.05. The molecule has 0 aliphatic heterocycles. The van der Waals surface area contributed by atoms with E-state index in [-0.39, 0.29) is 0 Å². The molecule has 0 atom stereocenters. The van der Waals surface area contributed by atoms with Crippen LogP contribution in [0.2, 0.25) is 0 Å². The first-order chi connectivity index (χ1) is 10.0. The molecule has 0 aromatic carbocycles. The van der Waals surface area contributed by atoms with Crippen molar-refractivity contribution in [1.29, 1.82) is 0 Å². The van der Waals surface area contributed by atoms with Crippen molar-refractivity contribution in [2.24, 2.45) is 5.92 Å². The summed E-state index contributed by atoms with van der Waals surface area (Å²) in [6, 6.07) is 2.02. The number of hydrogen-bond acceptors (Lipinski definition) is 4. The summed E-state index contributed by atoms with van der Waals surface area (Å²) < 4.78 is 0. The van der Waals surface area contributed by atoms with Gasteiger partial charge < -0.3 is 10.6 Å². The lowest BCUT2D eigenvalue weighted by Crippen LogP contribution is -2.10. The van der Waals surface area contributed by atoms with E-state index in [1.165, 1.54) is 19.3 Å². The zero-order valence-electron chi connectivity index (χ0n) is 14.4. The Bertz CT molecular complexity index is 402. The first kappa shape index (κ1) is 17.7. The molecular weight excluding hydrogens is 260 g/mol. The lowest BCUT2D eigenvalue weighted by molar-refractivity contribution is 0.544. The topological polar surface area (TPSA) is 49.8 Å². The quantitative estimate of drug-likeness (QED) is 0.616. The van der Waals surface area contributed by atoms with Crippen LogP contribution in [0.15, 0.2) is 6.07 Å². The van der Waals surface area contributed by atoms with Crippen molar-refractivity contribution < 1.29 is 0 Å². The maximum absolute atomic E-state index is 4.61. The summed E-state index contributed by atoms with van der Waals surface area (Å²) in [5.41, 5.74) is 0. The van der Waals surface area contributed by atoms with Gasteiger partial charge in [0.05, 0.1) is 0 Å². The molecule has 1 aromatic heterocycles. The normalized spacial score (nSPS) is 11.2. The molecule has 21 heavy (non-hydrogen) atoms. The summed E-state index contributed by atoms with van der Waals surface area (Å²) in [5, 5.41) is 6.79. The standard InChI is InChI=1S/C17H32N4/c1-6-10-18-15-12-16(21-17(20-15)14(4)5)19-11-8-7-9-13(2)3/h12-14H,6-11H2,1-5H3,(H2,18,19,20,21). The number of unbranched alkanes of at least 4 members (excludes halogenated alkanes) is 1. The Kier molecular flexibility index (Phi) is 8.09. The van der Waals surface area contributed by atoms with Gasteiger partial charge in [0.15, 0.2) is 0 Å². The van der Waals surface area contributed by atoms with Crippen molar-refractivity contribution in [3.8, 4) is 0 Å². The molecule has 0 spiro atoms. The zero-order valence-corrected chi connectivity index (χ0v) is 14.4. The van der Waals surface area contributed by atoms with Gasteiger partial charge in [-0.1, -0.05) is 47.5 Å². The van der Waals surface area contributed by atoms with Crippen molar-refractivity contribution in [3.05, 3.63) is 11.9 Å². The van der Waals surface area contributed by atoms with Crippen LogP contribution >= 0.6 is 0 Å². The van der Waals surface area contributed by atoms with Gasteiger partial charge in [-0.25, -0.2) is 9.97 Å². The van der Waals surface area contributed by atoms with E-state index in [0.29, 0.717) is 5.92 Å². The van der Waals surface area contributed by atoms with Crippen molar-refractivity contribution in [2.45, 2.75) is 66.2 Å². The lowest BCUT2D eigenvalue weighted by atomic mass is 10.1. The largest absolute Gasteiger partial charge is 0.370 e. The molecular formula is C17H32N4. The molecule has 1 aromatic rings. The van der Waals surface area contributed by atoms with Gasteiger partial charge in [0.25, 0.3) is 0 Å². The van der Waals surface area contributed by atoms with Gasteiger partial charge in [-0.15, -0.1) is 0 Å². The smallest absolute Gasteiger partial charge is 0.135 e. The summed E-state index contributed by atoms with van der Waals surface area (Å²) >= 11 is 0. The fraction of sp³-hybridized carbons (Fsp3) is 0.765. The minimum Gasteiger partial charge on any atom is -0.370 e. The highest BCUT2D eigenvalue weighted by Gasteiger charge is 2.07. The summed E-state index contributed by atoms with van der Waals surface area (Å²) in [6.07, 6.45) is 4.86. The molecule has 120 valence electrons.